The Balaban J connectivity index is 1.39. The predicted octanol–water partition coefficient (Wildman–Crippen LogP) is 4.18. The first-order valence-corrected chi connectivity index (χ1v) is 10.7. The van der Waals surface area contributed by atoms with Gasteiger partial charge in [0.05, 0.1) is 12.1 Å². The fourth-order valence-corrected chi connectivity index (χ4v) is 4.28. The van der Waals surface area contributed by atoms with Crippen molar-refractivity contribution in [3.63, 3.8) is 0 Å². The first-order chi connectivity index (χ1) is 13.2. The Hall–Kier alpha value is -2.12. The summed E-state index contributed by atoms with van der Waals surface area (Å²) in [4.78, 5) is 17.9. The summed E-state index contributed by atoms with van der Waals surface area (Å²) in [6.45, 7) is 3.27. The minimum atomic E-state index is 0.219. The van der Waals surface area contributed by atoms with Crippen LogP contribution >= 0.6 is 27.3 Å². The molecule has 0 saturated carbocycles. The third-order valence-corrected chi connectivity index (χ3v) is 6.20. The molecule has 27 heavy (non-hydrogen) atoms. The van der Waals surface area contributed by atoms with Gasteiger partial charge in [-0.3, -0.25) is 9.89 Å². The lowest BCUT2D eigenvalue weighted by atomic mass is 10.1. The van der Waals surface area contributed by atoms with Gasteiger partial charge >= 0.3 is 0 Å². The van der Waals surface area contributed by atoms with Crippen LogP contribution in [0.3, 0.4) is 0 Å². The zero-order valence-electron chi connectivity index (χ0n) is 14.9. The Morgan fingerprint density at radius 1 is 1.15 bits per heavy atom. The summed E-state index contributed by atoms with van der Waals surface area (Å²) in [5.41, 5.74) is 2.12. The average Bonchev–Trinajstić information content (AvgIpc) is 3.30. The fourth-order valence-electron chi connectivity index (χ4n) is 3.32. The van der Waals surface area contributed by atoms with E-state index in [0.717, 1.165) is 59.0 Å². The number of nitrogens with zero attached hydrogens (tertiary/aromatic N) is 3. The van der Waals surface area contributed by atoms with Crippen molar-refractivity contribution in [3.8, 4) is 11.3 Å². The Bertz CT molecular complexity index is 891. The summed E-state index contributed by atoms with van der Waals surface area (Å²) < 4.78 is 1.06. The molecule has 1 N–H and O–H groups in total. The lowest BCUT2D eigenvalue weighted by Gasteiger charge is -2.21. The molecule has 1 amide bonds. The van der Waals surface area contributed by atoms with Crippen LogP contribution in [0.4, 0.5) is 5.82 Å². The molecule has 1 aliphatic rings. The van der Waals surface area contributed by atoms with Crippen LogP contribution in [0.25, 0.3) is 11.3 Å². The lowest BCUT2D eigenvalue weighted by Crippen LogP contribution is -2.36. The smallest absolute Gasteiger partial charge is 0.227 e. The standard InChI is InChI=1S/C20H21BrN4OS/c21-16-6-4-15(5-7-16)18-14-19(23-22-18)24-8-2-9-25(11-10-24)20(26)13-17-3-1-12-27-17/h1,3-7,12,14H,2,8-11,13H2,(H,22,23). The van der Waals surface area contributed by atoms with Gasteiger partial charge in [0.2, 0.25) is 5.91 Å². The van der Waals surface area contributed by atoms with Gasteiger partial charge in [0.15, 0.2) is 5.82 Å². The minimum absolute atomic E-state index is 0.219. The first-order valence-electron chi connectivity index (χ1n) is 9.05. The van der Waals surface area contributed by atoms with Gasteiger partial charge in [0.25, 0.3) is 0 Å². The summed E-state index contributed by atoms with van der Waals surface area (Å²) in [5.74, 6) is 1.16. The van der Waals surface area contributed by atoms with E-state index >= 15 is 0 Å². The van der Waals surface area contributed by atoms with E-state index in [0.29, 0.717) is 6.42 Å². The van der Waals surface area contributed by atoms with E-state index < -0.39 is 0 Å². The number of rotatable bonds is 4. The number of amides is 1. The largest absolute Gasteiger partial charge is 0.353 e. The Morgan fingerprint density at radius 3 is 2.78 bits per heavy atom. The maximum absolute atomic E-state index is 12.6. The quantitative estimate of drug-likeness (QED) is 0.656. The van der Waals surface area contributed by atoms with Gasteiger partial charge in [0.1, 0.15) is 0 Å². The molecule has 1 saturated heterocycles. The summed E-state index contributed by atoms with van der Waals surface area (Å²) in [6, 6.07) is 14.3. The van der Waals surface area contributed by atoms with E-state index in [1.165, 1.54) is 0 Å². The van der Waals surface area contributed by atoms with Crippen molar-refractivity contribution in [1.29, 1.82) is 0 Å². The van der Waals surface area contributed by atoms with E-state index in [4.69, 9.17) is 0 Å². The van der Waals surface area contributed by atoms with Crippen molar-refractivity contribution in [1.82, 2.24) is 15.1 Å². The minimum Gasteiger partial charge on any atom is -0.353 e. The van der Waals surface area contributed by atoms with E-state index in [1.54, 1.807) is 11.3 Å². The monoisotopic (exact) mass is 444 g/mol. The Kier molecular flexibility index (Phi) is 5.59. The highest BCUT2D eigenvalue weighted by atomic mass is 79.9. The molecule has 4 rings (SSSR count). The number of hydrogen-bond acceptors (Lipinski definition) is 4. The van der Waals surface area contributed by atoms with E-state index in [9.17, 15) is 4.79 Å². The molecular formula is C20H21BrN4OS. The summed E-state index contributed by atoms with van der Waals surface area (Å²) in [7, 11) is 0. The molecule has 1 fully saturated rings. The number of nitrogens with one attached hydrogen (secondary N) is 1. The second kappa shape index (κ2) is 8.27. The van der Waals surface area contributed by atoms with Crippen LogP contribution in [0.5, 0.6) is 0 Å². The molecule has 2 aromatic heterocycles. The van der Waals surface area contributed by atoms with Crippen LogP contribution in [0.2, 0.25) is 0 Å². The Morgan fingerprint density at radius 2 is 2.00 bits per heavy atom. The molecule has 0 bridgehead atoms. The van der Waals surface area contributed by atoms with Crippen LogP contribution in [-0.4, -0.2) is 47.2 Å². The summed E-state index contributed by atoms with van der Waals surface area (Å²) in [5, 5.41) is 9.66. The number of hydrogen-bond donors (Lipinski definition) is 1. The van der Waals surface area contributed by atoms with Crippen LogP contribution < -0.4 is 4.90 Å². The third-order valence-electron chi connectivity index (χ3n) is 4.80. The Labute approximate surface area is 171 Å². The molecule has 1 aromatic carbocycles. The van der Waals surface area contributed by atoms with Crippen LogP contribution in [0, 0.1) is 0 Å². The maximum Gasteiger partial charge on any atom is 0.227 e. The molecular weight excluding hydrogens is 424 g/mol. The number of thiophene rings is 1. The topological polar surface area (TPSA) is 52.2 Å². The molecule has 3 heterocycles. The number of H-pyrrole nitrogens is 1. The zero-order chi connectivity index (χ0) is 18.6. The molecule has 0 unspecified atom stereocenters. The molecule has 3 aromatic rings. The maximum atomic E-state index is 12.6. The number of aromatic nitrogens is 2. The third kappa shape index (κ3) is 4.42. The second-order valence-corrected chi connectivity index (χ2v) is 8.57. The molecule has 0 spiro atoms. The molecule has 1 aliphatic heterocycles. The fraction of sp³-hybridized carbons (Fsp3) is 0.300. The normalized spacial score (nSPS) is 15.0. The highest BCUT2D eigenvalue weighted by Crippen LogP contribution is 2.24. The average molecular weight is 445 g/mol. The highest BCUT2D eigenvalue weighted by Gasteiger charge is 2.21. The molecule has 0 atom stereocenters. The van der Waals surface area contributed by atoms with Crippen molar-refractivity contribution >= 4 is 39.0 Å². The first kappa shape index (κ1) is 18.3. The van der Waals surface area contributed by atoms with Crippen LogP contribution in [-0.2, 0) is 11.2 Å². The van der Waals surface area contributed by atoms with Crippen molar-refractivity contribution in [2.75, 3.05) is 31.1 Å². The highest BCUT2D eigenvalue weighted by molar-refractivity contribution is 9.10. The number of benzene rings is 1. The van der Waals surface area contributed by atoms with E-state index in [-0.39, 0.29) is 5.91 Å². The lowest BCUT2D eigenvalue weighted by molar-refractivity contribution is -0.130. The molecule has 140 valence electrons. The van der Waals surface area contributed by atoms with Crippen LogP contribution in [0.1, 0.15) is 11.3 Å². The van der Waals surface area contributed by atoms with Crippen molar-refractivity contribution in [3.05, 3.63) is 57.2 Å². The van der Waals surface area contributed by atoms with Gasteiger partial charge in [0, 0.05) is 41.6 Å². The number of carbonyl (C=O) groups is 1. The van der Waals surface area contributed by atoms with Gasteiger partial charge < -0.3 is 9.80 Å². The number of carbonyl (C=O) groups excluding carboxylic acids is 1. The van der Waals surface area contributed by atoms with Gasteiger partial charge in [-0.25, -0.2) is 0 Å². The molecule has 7 heteroatoms. The molecule has 5 nitrogen and oxygen atoms in total. The molecule has 0 radical (unpaired) electrons. The van der Waals surface area contributed by atoms with Gasteiger partial charge in [-0.05, 0) is 35.6 Å². The van der Waals surface area contributed by atoms with E-state index in [1.807, 2.05) is 34.5 Å². The number of anilines is 1. The second-order valence-electron chi connectivity index (χ2n) is 6.62. The molecule has 0 aliphatic carbocycles. The number of aromatic amines is 1. The van der Waals surface area contributed by atoms with Gasteiger partial charge in [-0.15, -0.1) is 11.3 Å². The van der Waals surface area contributed by atoms with Crippen molar-refractivity contribution in [2.24, 2.45) is 0 Å². The van der Waals surface area contributed by atoms with Crippen molar-refractivity contribution in [2.45, 2.75) is 12.8 Å². The summed E-state index contributed by atoms with van der Waals surface area (Å²) in [6.07, 6.45) is 1.46. The van der Waals surface area contributed by atoms with E-state index in [2.05, 4.69) is 49.2 Å². The predicted molar refractivity (Wildman–Crippen MR) is 113 cm³/mol. The SMILES string of the molecule is O=C(Cc1cccs1)N1CCCN(c2cc(-c3ccc(Br)cc3)[nH]n2)CC1. The number of halogens is 1. The zero-order valence-corrected chi connectivity index (χ0v) is 17.3. The van der Waals surface area contributed by atoms with Crippen molar-refractivity contribution < 1.29 is 4.79 Å². The summed E-state index contributed by atoms with van der Waals surface area (Å²) >= 11 is 5.11. The van der Waals surface area contributed by atoms with Crippen LogP contribution in [0.15, 0.2) is 52.3 Å². The van der Waals surface area contributed by atoms with Gasteiger partial charge in [-0.2, -0.15) is 5.10 Å². The van der Waals surface area contributed by atoms with Gasteiger partial charge in [-0.1, -0.05) is 34.1 Å².